The topological polar surface area (TPSA) is 48.5 Å². The van der Waals surface area contributed by atoms with Gasteiger partial charge < -0.3 is 15.1 Å². The van der Waals surface area contributed by atoms with Crippen LogP contribution in [0.2, 0.25) is 0 Å². The normalized spacial score (nSPS) is 10.7. The summed E-state index contributed by atoms with van der Waals surface area (Å²) in [4.78, 5) is 20.6. The molecule has 0 radical (unpaired) electrons. The van der Waals surface area contributed by atoms with Gasteiger partial charge in [0.1, 0.15) is 5.01 Å². The van der Waals surface area contributed by atoms with Crippen LogP contribution in [-0.2, 0) is 13.1 Å². The molecule has 0 atom stereocenters. The van der Waals surface area contributed by atoms with Crippen LogP contribution in [-0.4, -0.2) is 37.1 Å². The third kappa shape index (κ3) is 4.28. The van der Waals surface area contributed by atoms with Gasteiger partial charge in [-0.25, -0.2) is 9.78 Å². The number of thiazole rings is 1. The minimum absolute atomic E-state index is 0.101. The van der Waals surface area contributed by atoms with Crippen molar-refractivity contribution in [3.63, 3.8) is 0 Å². The van der Waals surface area contributed by atoms with E-state index in [-0.39, 0.29) is 6.03 Å². The minimum atomic E-state index is -0.101. The molecule has 0 fully saturated rings. The molecule has 0 aliphatic heterocycles. The summed E-state index contributed by atoms with van der Waals surface area (Å²) in [5.41, 5.74) is 3.20. The number of urea groups is 1. The van der Waals surface area contributed by atoms with Gasteiger partial charge in [0, 0.05) is 33.4 Å². The summed E-state index contributed by atoms with van der Waals surface area (Å²) in [7, 11) is 5.80. The molecular formula is C19H22N4OS. The Morgan fingerprint density at radius 1 is 1.08 bits per heavy atom. The van der Waals surface area contributed by atoms with Crippen molar-refractivity contribution in [2.24, 2.45) is 0 Å². The lowest BCUT2D eigenvalue weighted by Crippen LogP contribution is -2.36. The number of benzene rings is 2. The van der Waals surface area contributed by atoms with Crippen molar-refractivity contribution >= 4 is 33.3 Å². The monoisotopic (exact) mass is 354 g/mol. The molecule has 0 saturated heterocycles. The molecular weight excluding hydrogens is 332 g/mol. The predicted molar refractivity (Wildman–Crippen MR) is 104 cm³/mol. The fourth-order valence-electron chi connectivity index (χ4n) is 2.49. The zero-order valence-corrected chi connectivity index (χ0v) is 15.5. The molecule has 3 rings (SSSR count). The van der Waals surface area contributed by atoms with E-state index < -0.39 is 0 Å². The molecule has 0 saturated carbocycles. The molecule has 0 spiro atoms. The molecule has 25 heavy (non-hydrogen) atoms. The molecule has 2 aromatic carbocycles. The number of amides is 2. The van der Waals surface area contributed by atoms with Gasteiger partial charge in [0.25, 0.3) is 0 Å². The minimum Gasteiger partial charge on any atom is -0.378 e. The van der Waals surface area contributed by atoms with Crippen molar-refractivity contribution in [3.8, 4) is 0 Å². The maximum Gasteiger partial charge on any atom is 0.317 e. The number of hydrogen-bond acceptors (Lipinski definition) is 4. The number of aromatic nitrogens is 1. The number of nitrogens with one attached hydrogen (secondary N) is 1. The Hall–Kier alpha value is -2.60. The Balaban J connectivity index is 1.55. The quantitative estimate of drug-likeness (QED) is 0.760. The average Bonchev–Trinajstić information content (AvgIpc) is 3.02. The zero-order chi connectivity index (χ0) is 17.8. The molecule has 0 bridgehead atoms. The van der Waals surface area contributed by atoms with Gasteiger partial charge in [-0.2, -0.15) is 0 Å². The fraction of sp³-hybridized carbons (Fsp3) is 0.263. The summed E-state index contributed by atoms with van der Waals surface area (Å²) in [5, 5.41) is 3.89. The number of anilines is 1. The maximum atomic E-state index is 12.3. The predicted octanol–water partition coefficient (Wildman–Crippen LogP) is 3.70. The first-order chi connectivity index (χ1) is 12.0. The number of rotatable bonds is 5. The van der Waals surface area contributed by atoms with E-state index in [0.29, 0.717) is 13.1 Å². The highest BCUT2D eigenvalue weighted by Crippen LogP contribution is 2.22. The zero-order valence-electron chi connectivity index (χ0n) is 14.7. The van der Waals surface area contributed by atoms with E-state index >= 15 is 0 Å². The van der Waals surface area contributed by atoms with Gasteiger partial charge in [-0.05, 0) is 29.8 Å². The number of nitrogens with zero attached hydrogens (tertiary/aromatic N) is 3. The molecule has 0 aliphatic carbocycles. The summed E-state index contributed by atoms with van der Waals surface area (Å²) in [6, 6.07) is 16.1. The van der Waals surface area contributed by atoms with Crippen LogP contribution in [0.1, 0.15) is 10.6 Å². The first-order valence-corrected chi connectivity index (χ1v) is 8.94. The van der Waals surface area contributed by atoms with Crippen molar-refractivity contribution in [1.29, 1.82) is 0 Å². The van der Waals surface area contributed by atoms with Crippen LogP contribution in [0, 0.1) is 0 Å². The van der Waals surface area contributed by atoms with Crippen molar-refractivity contribution in [1.82, 2.24) is 15.2 Å². The second kappa shape index (κ2) is 7.53. The fourth-order valence-corrected chi connectivity index (χ4v) is 3.51. The Morgan fingerprint density at radius 2 is 1.80 bits per heavy atom. The smallest absolute Gasteiger partial charge is 0.317 e. The largest absolute Gasteiger partial charge is 0.378 e. The summed E-state index contributed by atoms with van der Waals surface area (Å²) < 4.78 is 1.15. The van der Waals surface area contributed by atoms with Crippen LogP contribution in [0.3, 0.4) is 0 Å². The molecule has 1 N–H and O–H groups in total. The van der Waals surface area contributed by atoms with Crippen LogP contribution in [0.5, 0.6) is 0 Å². The number of fused-ring (bicyclic) bond motifs is 1. The third-order valence-electron chi connectivity index (χ3n) is 3.95. The SMILES string of the molecule is CN(Cc1nc2ccccc2s1)C(=O)NCc1ccc(N(C)C)cc1. The third-order valence-corrected chi connectivity index (χ3v) is 4.97. The van der Waals surface area contributed by atoms with E-state index in [4.69, 9.17) is 0 Å². The van der Waals surface area contributed by atoms with Gasteiger partial charge in [0.2, 0.25) is 0 Å². The molecule has 3 aromatic rings. The van der Waals surface area contributed by atoms with Crippen molar-refractivity contribution in [2.75, 3.05) is 26.0 Å². The molecule has 2 amide bonds. The van der Waals surface area contributed by atoms with Gasteiger partial charge in [-0.15, -0.1) is 11.3 Å². The van der Waals surface area contributed by atoms with E-state index in [0.717, 1.165) is 26.5 Å². The Bertz CT molecular complexity index is 824. The average molecular weight is 354 g/mol. The molecule has 5 nitrogen and oxygen atoms in total. The molecule has 130 valence electrons. The van der Waals surface area contributed by atoms with Gasteiger partial charge >= 0.3 is 6.03 Å². The second-order valence-electron chi connectivity index (χ2n) is 6.15. The first-order valence-electron chi connectivity index (χ1n) is 8.12. The molecule has 6 heteroatoms. The van der Waals surface area contributed by atoms with Gasteiger partial charge in [0.15, 0.2) is 0 Å². The lowest BCUT2D eigenvalue weighted by molar-refractivity contribution is 0.206. The summed E-state index contributed by atoms with van der Waals surface area (Å²) in [6.07, 6.45) is 0. The van der Waals surface area contributed by atoms with E-state index in [1.54, 1.807) is 23.3 Å². The Kier molecular flexibility index (Phi) is 5.19. The van der Waals surface area contributed by atoms with Crippen molar-refractivity contribution < 1.29 is 4.79 Å². The van der Waals surface area contributed by atoms with Crippen molar-refractivity contribution in [3.05, 3.63) is 59.1 Å². The molecule has 0 unspecified atom stereocenters. The lowest BCUT2D eigenvalue weighted by atomic mass is 10.2. The summed E-state index contributed by atoms with van der Waals surface area (Å²) in [5.74, 6) is 0. The first kappa shape index (κ1) is 17.2. The highest BCUT2D eigenvalue weighted by molar-refractivity contribution is 7.18. The maximum absolute atomic E-state index is 12.3. The van der Waals surface area contributed by atoms with E-state index in [1.165, 1.54) is 0 Å². The van der Waals surface area contributed by atoms with E-state index in [1.807, 2.05) is 67.5 Å². The summed E-state index contributed by atoms with van der Waals surface area (Å²) in [6.45, 7) is 1.02. The molecule has 1 heterocycles. The Labute approximate surface area is 151 Å². The molecule has 1 aromatic heterocycles. The number of hydrogen-bond donors (Lipinski definition) is 1. The second-order valence-corrected chi connectivity index (χ2v) is 7.27. The number of para-hydroxylation sites is 1. The van der Waals surface area contributed by atoms with Crippen LogP contribution < -0.4 is 10.2 Å². The van der Waals surface area contributed by atoms with Crippen LogP contribution in [0.15, 0.2) is 48.5 Å². The number of carbonyl (C=O) groups excluding carboxylic acids is 1. The van der Waals surface area contributed by atoms with Crippen LogP contribution >= 0.6 is 11.3 Å². The number of carbonyl (C=O) groups is 1. The van der Waals surface area contributed by atoms with Gasteiger partial charge in [-0.3, -0.25) is 0 Å². The Morgan fingerprint density at radius 3 is 2.48 bits per heavy atom. The highest BCUT2D eigenvalue weighted by atomic mass is 32.1. The van der Waals surface area contributed by atoms with Crippen LogP contribution in [0.25, 0.3) is 10.2 Å². The highest BCUT2D eigenvalue weighted by Gasteiger charge is 2.11. The van der Waals surface area contributed by atoms with Gasteiger partial charge in [-0.1, -0.05) is 24.3 Å². The van der Waals surface area contributed by atoms with Gasteiger partial charge in [0.05, 0.1) is 16.8 Å². The van der Waals surface area contributed by atoms with Crippen LogP contribution in [0.4, 0.5) is 10.5 Å². The van der Waals surface area contributed by atoms with E-state index in [2.05, 4.69) is 10.3 Å². The van der Waals surface area contributed by atoms with Crippen molar-refractivity contribution in [2.45, 2.75) is 13.1 Å². The standard InChI is InChI=1S/C19H22N4OS/c1-22(2)15-10-8-14(9-11-15)12-20-19(24)23(3)13-18-21-16-6-4-5-7-17(16)25-18/h4-11H,12-13H2,1-3H3,(H,20,24). The molecule has 0 aliphatic rings. The van der Waals surface area contributed by atoms with E-state index in [9.17, 15) is 4.79 Å². The summed E-state index contributed by atoms with van der Waals surface area (Å²) >= 11 is 1.62. The lowest BCUT2D eigenvalue weighted by Gasteiger charge is -2.17.